The zero-order valence-corrected chi connectivity index (χ0v) is 12.2. The first-order valence-electron chi connectivity index (χ1n) is 7.02. The van der Waals surface area contributed by atoms with Crippen LogP contribution in [0.4, 0.5) is 4.39 Å². The quantitative estimate of drug-likeness (QED) is 0.758. The molecule has 3 aromatic rings. The molecule has 2 aromatic heterocycles. The van der Waals surface area contributed by atoms with Crippen molar-refractivity contribution in [3.63, 3.8) is 0 Å². The van der Waals surface area contributed by atoms with Crippen molar-refractivity contribution in [1.29, 1.82) is 0 Å². The summed E-state index contributed by atoms with van der Waals surface area (Å²) in [5.74, 6) is -0.812. The van der Waals surface area contributed by atoms with Crippen LogP contribution in [0.1, 0.15) is 28.5 Å². The molecule has 1 aliphatic rings. The molecule has 0 spiro atoms. The highest BCUT2D eigenvalue weighted by Crippen LogP contribution is 2.38. The molecule has 0 saturated carbocycles. The highest BCUT2D eigenvalue weighted by atomic mass is 19.1. The molecule has 6 nitrogen and oxygen atoms in total. The summed E-state index contributed by atoms with van der Waals surface area (Å²) in [6.07, 6.45) is 5.79. The summed E-state index contributed by atoms with van der Waals surface area (Å²) in [6.45, 7) is 1.74. The molecule has 0 unspecified atom stereocenters. The maximum atomic E-state index is 14.1. The largest absolute Gasteiger partial charge is 0.337 e. The number of nitrogens with zero attached hydrogens (tertiary/aromatic N) is 3. The van der Waals surface area contributed by atoms with Crippen molar-refractivity contribution in [2.45, 2.75) is 12.5 Å². The SMILES string of the molecule is C[C@]1(c2ncncc2F)NC(=O)c2cc(-c3cn[nH]c3)ccc21. The first kappa shape index (κ1) is 13.6. The van der Waals surface area contributed by atoms with Gasteiger partial charge >= 0.3 is 0 Å². The first-order valence-corrected chi connectivity index (χ1v) is 7.02. The molecule has 114 valence electrons. The van der Waals surface area contributed by atoms with Gasteiger partial charge in [0.2, 0.25) is 0 Å². The average Bonchev–Trinajstić information content (AvgIpc) is 3.16. The van der Waals surface area contributed by atoms with E-state index in [9.17, 15) is 9.18 Å². The Hall–Kier alpha value is -3.09. The topological polar surface area (TPSA) is 83.6 Å². The maximum Gasteiger partial charge on any atom is 0.252 e. The zero-order valence-electron chi connectivity index (χ0n) is 12.2. The number of H-pyrrole nitrogens is 1. The Kier molecular flexibility index (Phi) is 2.77. The number of halogens is 1. The predicted molar refractivity (Wildman–Crippen MR) is 79.9 cm³/mol. The van der Waals surface area contributed by atoms with E-state index in [0.29, 0.717) is 11.1 Å². The van der Waals surface area contributed by atoms with Crippen LogP contribution in [-0.2, 0) is 5.54 Å². The van der Waals surface area contributed by atoms with Crippen LogP contribution >= 0.6 is 0 Å². The van der Waals surface area contributed by atoms with Crippen molar-refractivity contribution in [2.24, 2.45) is 0 Å². The van der Waals surface area contributed by atoms with Crippen molar-refractivity contribution in [3.05, 3.63) is 65.8 Å². The lowest BCUT2D eigenvalue weighted by Gasteiger charge is -2.25. The van der Waals surface area contributed by atoms with Crippen LogP contribution in [0.25, 0.3) is 11.1 Å². The summed E-state index contributed by atoms with van der Waals surface area (Å²) in [5, 5.41) is 9.48. The van der Waals surface area contributed by atoms with Crippen LogP contribution in [-0.4, -0.2) is 26.1 Å². The fourth-order valence-electron chi connectivity index (χ4n) is 2.99. The second-order valence-corrected chi connectivity index (χ2v) is 5.55. The number of aromatic nitrogens is 4. The molecule has 0 fully saturated rings. The Balaban J connectivity index is 1.88. The van der Waals surface area contributed by atoms with Crippen molar-refractivity contribution >= 4 is 5.91 Å². The number of carbonyl (C=O) groups excluding carboxylic acids is 1. The highest BCUT2D eigenvalue weighted by Gasteiger charge is 2.43. The number of fused-ring (bicyclic) bond motifs is 1. The number of hydrogen-bond acceptors (Lipinski definition) is 4. The van der Waals surface area contributed by atoms with Gasteiger partial charge in [-0.25, -0.2) is 14.4 Å². The van der Waals surface area contributed by atoms with Crippen molar-refractivity contribution in [3.8, 4) is 11.1 Å². The number of nitrogens with one attached hydrogen (secondary N) is 2. The van der Waals surface area contributed by atoms with Crippen LogP contribution in [0.3, 0.4) is 0 Å². The molecule has 0 aliphatic carbocycles. The average molecular weight is 309 g/mol. The van der Waals surface area contributed by atoms with E-state index in [1.54, 1.807) is 25.4 Å². The van der Waals surface area contributed by atoms with Gasteiger partial charge in [0.15, 0.2) is 5.82 Å². The van der Waals surface area contributed by atoms with Gasteiger partial charge in [-0.2, -0.15) is 5.10 Å². The van der Waals surface area contributed by atoms with E-state index in [0.717, 1.165) is 17.3 Å². The summed E-state index contributed by atoms with van der Waals surface area (Å²) in [6, 6.07) is 5.47. The van der Waals surface area contributed by atoms with Crippen molar-refractivity contribution in [2.75, 3.05) is 0 Å². The Bertz CT molecular complexity index is 909. The molecule has 1 atom stereocenters. The molecule has 1 amide bonds. The molecule has 7 heteroatoms. The van der Waals surface area contributed by atoms with Crippen LogP contribution < -0.4 is 5.32 Å². The second-order valence-electron chi connectivity index (χ2n) is 5.55. The van der Waals surface area contributed by atoms with Gasteiger partial charge in [0.25, 0.3) is 5.91 Å². The van der Waals surface area contributed by atoms with Crippen LogP contribution in [0.15, 0.2) is 43.1 Å². The van der Waals surface area contributed by atoms with Crippen molar-refractivity contribution in [1.82, 2.24) is 25.5 Å². The lowest BCUT2D eigenvalue weighted by atomic mass is 9.87. The number of hydrogen-bond donors (Lipinski definition) is 2. The lowest BCUT2D eigenvalue weighted by Crippen LogP contribution is -2.39. The van der Waals surface area contributed by atoms with Gasteiger partial charge in [-0.3, -0.25) is 9.89 Å². The van der Waals surface area contributed by atoms with Gasteiger partial charge in [0, 0.05) is 17.3 Å². The van der Waals surface area contributed by atoms with Gasteiger partial charge in [-0.05, 0) is 24.1 Å². The minimum Gasteiger partial charge on any atom is -0.337 e. The summed E-state index contributed by atoms with van der Waals surface area (Å²) >= 11 is 0. The Morgan fingerprint density at radius 1 is 1.22 bits per heavy atom. The molecule has 0 bridgehead atoms. The molecule has 0 radical (unpaired) electrons. The monoisotopic (exact) mass is 309 g/mol. The van der Waals surface area contributed by atoms with E-state index in [1.165, 1.54) is 6.33 Å². The third-order valence-electron chi connectivity index (χ3n) is 4.14. The Morgan fingerprint density at radius 2 is 2.09 bits per heavy atom. The third-order valence-corrected chi connectivity index (χ3v) is 4.14. The van der Waals surface area contributed by atoms with E-state index in [1.807, 2.05) is 12.1 Å². The summed E-state index contributed by atoms with van der Waals surface area (Å²) in [5.41, 5.74) is 2.06. The molecule has 3 heterocycles. The molecule has 1 aromatic carbocycles. The van der Waals surface area contributed by atoms with Crippen LogP contribution in [0.2, 0.25) is 0 Å². The van der Waals surface area contributed by atoms with Gasteiger partial charge in [0.05, 0.1) is 12.4 Å². The van der Waals surface area contributed by atoms with E-state index < -0.39 is 11.4 Å². The van der Waals surface area contributed by atoms with Crippen LogP contribution in [0, 0.1) is 5.82 Å². The van der Waals surface area contributed by atoms with Gasteiger partial charge in [-0.15, -0.1) is 0 Å². The first-order chi connectivity index (χ1) is 11.1. The van der Waals surface area contributed by atoms with E-state index in [-0.39, 0.29) is 11.6 Å². The fraction of sp³-hybridized carbons (Fsp3) is 0.125. The number of aromatic amines is 1. The Labute approximate surface area is 130 Å². The normalized spacial score (nSPS) is 19.5. The van der Waals surface area contributed by atoms with Gasteiger partial charge < -0.3 is 5.32 Å². The zero-order chi connectivity index (χ0) is 16.0. The molecular formula is C16H12FN5O. The van der Waals surface area contributed by atoms with Crippen LogP contribution in [0.5, 0.6) is 0 Å². The standard InChI is InChI=1S/C16H12FN5O/c1-16(14-13(17)7-18-8-19-14)12-3-2-9(10-5-20-21-6-10)4-11(12)15(23)22-16/h2-8H,1H3,(H,20,21)(H,22,23)/t16-/m0/s1. The third kappa shape index (κ3) is 1.93. The summed E-state index contributed by atoms with van der Waals surface area (Å²) in [7, 11) is 0. The molecule has 2 N–H and O–H groups in total. The number of carbonyl (C=O) groups is 1. The lowest BCUT2D eigenvalue weighted by molar-refractivity contribution is 0.0943. The number of rotatable bonds is 2. The van der Waals surface area contributed by atoms with Gasteiger partial charge in [0.1, 0.15) is 17.6 Å². The molecule has 23 heavy (non-hydrogen) atoms. The molecule has 4 rings (SSSR count). The minimum absolute atomic E-state index is 0.149. The highest BCUT2D eigenvalue weighted by molar-refractivity contribution is 6.01. The Morgan fingerprint density at radius 3 is 2.83 bits per heavy atom. The fourth-order valence-corrected chi connectivity index (χ4v) is 2.99. The predicted octanol–water partition coefficient (Wildman–Crippen LogP) is 2.01. The summed E-state index contributed by atoms with van der Waals surface area (Å²) < 4.78 is 14.1. The van der Waals surface area contributed by atoms with Crippen molar-refractivity contribution < 1.29 is 9.18 Å². The summed E-state index contributed by atoms with van der Waals surface area (Å²) in [4.78, 5) is 20.1. The number of amides is 1. The van der Waals surface area contributed by atoms with E-state index in [2.05, 4.69) is 25.5 Å². The van der Waals surface area contributed by atoms with E-state index in [4.69, 9.17) is 0 Å². The number of benzene rings is 1. The molecule has 1 aliphatic heterocycles. The molecular weight excluding hydrogens is 297 g/mol. The smallest absolute Gasteiger partial charge is 0.252 e. The maximum absolute atomic E-state index is 14.1. The van der Waals surface area contributed by atoms with Gasteiger partial charge in [-0.1, -0.05) is 12.1 Å². The molecule has 0 saturated heterocycles. The second kappa shape index (κ2) is 4.70. The minimum atomic E-state index is -1.02. The van der Waals surface area contributed by atoms with E-state index >= 15 is 0 Å².